The summed E-state index contributed by atoms with van der Waals surface area (Å²) in [5, 5.41) is 11.7. The van der Waals surface area contributed by atoms with Gasteiger partial charge in [0.15, 0.2) is 5.96 Å². The van der Waals surface area contributed by atoms with E-state index in [0.29, 0.717) is 6.54 Å². The third-order valence-corrected chi connectivity index (χ3v) is 5.24. The summed E-state index contributed by atoms with van der Waals surface area (Å²) in [6.07, 6.45) is 3.19. The van der Waals surface area contributed by atoms with Gasteiger partial charge in [-0.05, 0) is 42.0 Å². The zero-order chi connectivity index (χ0) is 17.5. The Hall–Kier alpha value is -2.34. The SMILES string of the molecule is CN=C(NCc1cccc(NC(=O)C2CCC2)c1)NCc1cccs1. The Kier molecular flexibility index (Phi) is 6.06. The Bertz CT molecular complexity index is 723. The molecule has 3 N–H and O–H groups in total. The predicted octanol–water partition coefficient (Wildman–Crippen LogP) is 3.35. The number of carbonyl (C=O) groups is 1. The fourth-order valence-corrected chi connectivity index (χ4v) is 3.31. The fraction of sp³-hybridized carbons (Fsp3) is 0.368. The summed E-state index contributed by atoms with van der Waals surface area (Å²) in [4.78, 5) is 17.6. The number of hydrogen-bond donors (Lipinski definition) is 3. The molecule has 0 saturated heterocycles. The van der Waals surface area contributed by atoms with E-state index in [1.807, 2.05) is 30.3 Å². The van der Waals surface area contributed by atoms with Crippen molar-refractivity contribution >= 4 is 28.9 Å². The maximum atomic E-state index is 12.1. The molecule has 0 aliphatic heterocycles. The quantitative estimate of drug-likeness (QED) is 0.549. The Labute approximate surface area is 152 Å². The third-order valence-electron chi connectivity index (χ3n) is 4.36. The van der Waals surface area contributed by atoms with Gasteiger partial charge in [-0.3, -0.25) is 9.79 Å². The largest absolute Gasteiger partial charge is 0.352 e. The van der Waals surface area contributed by atoms with Crippen molar-refractivity contribution in [3.05, 3.63) is 52.2 Å². The predicted molar refractivity (Wildman–Crippen MR) is 104 cm³/mol. The highest BCUT2D eigenvalue weighted by Crippen LogP contribution is 2.27. The fourth-order valence-electron chi connectivity index (χ4n) is 2.66. The molecular formula is C19H24N4OS. The van der Waals surface area contributed by atoms with Crippen molar-refractivity contribution in [2.75, 3.05) is 12.4 Å². The number of amides is 1. The smallest absolute Gasteiger partial charge is 0.227 e. The summed E-state index contributed by atoms with van der Waals surface area (Å²) in [7, 11) is 1.76. The van der Waals surface area contributed by atoms with Crippen LogP contribution >= 0.6 is 11.3 Å². The molecule has 1 aromatic heterocycles. The van der Waals surface area contributed by atoms with Crippen molar-refractivity contribution in [3.8, 4) is 0 Å². The van der Waals surface area contributed by atoms with Crippen LogP contribution in [0, 0.1) is 5.92 Å². The maximum Gasteiger partial charge on any atom is 0.227 e. The van der Waals surface area contributed by atoms with Gasteiger partial charge in [0.05, 0.1) is 6.54 Å². The normalized spacial score (nSPS) is 14.7. The molecule has 0 bridgehead atoms. The zero-order valence-electron chi connectivity index (χ0n) is 14.4. The number of guanidine groups is 1. The number of rotatable bonds is 6. The molecule has 1 aliphatic carbocycles. The number of hydrogen-bond acceptors (Lipinski definition) is 3. The second kappa shape index (κ2) is 8.67. The van der Waals surface area contributed by atoms with Crippen LogP contribution in [-0.4, -0.2) is 18.9 Å². The first-order valence-electron chi connectivity index (χ1n) is 8.61. The molecule has 0 unspecified atom stereocenters. The van der Waals surface area contributed by atoms with Crippen LogP contribution in [0.5, 0.6) is 0 Å². The first-order chi connectivity index (χ1) is 12.2. The van der Waals surface area contributed by atoms with Gasteiger partial charge in [-0.25, -0.2) is 0 Å². The monoisotopic (exact) mass is 356 g/mol. The molecule has 6 heteroatoms. The zero-order valence-corrected chi connectivity index (χ0v) is 15.2. The second-order valence-corrected chi connectivity index (χ2v) is 7.21. The minimum Gasteiger partial charge on any atom is -0.352 e. The highest BCUT2D eigenvalue weighted by atomic mass is 32.1. The van der Waals surface area contributed by atoms with Crippen LogP contribution in [0.15, 0.2) is 46.8 Å². The minimum atomic E-state index is 0.143. The van der Waals surface area contributed by atoms with Gasteiger partial charge in [-0.2, -0.15) is 0 Å². The molecule has 0 atom stereocenters. The first kappa shape index (κ1) is 17.5. The van der Waals surface area contributed by atoms with Crippen molar-refractivity contribution in [2.24, 2.45) is 10.9 Å². The van der Waals surface area contributed by atoms with Gasteiger partial charge < -0.3 is 16.0 Å². The van der Waals surface area contributed by atoms with E-state index in [1.54, 1.807) is 18.4 Å². The average Bonchev–Trinajstić information content (AvgIpc) is 3.07. The van der Waals surface area contributed by atoms with E-state index in [-0.39, 0.29) is 11.8 Å². The molecule has 5 nitrogen and oxygen atoms in total. The number of carbonyl (C=O) groups excluding carboxylic acids is 1. The van der Waals surface area contributed by atoms with E-state index in [1.165, 1.54) is 11.3 Å². The summed E-state index contributed by atoms with van der Waals surface area (Å²) >= 11 is 1.72. The number of anilines is 1. The van der Waals surface area contributed by atoms with Gasteiger partial charge in [0.25, 0.3) is 0 Å². The molecular weight excluding hydrogens is 332 g/mol. The topological polar surface area (TPSA) is 65.5 Å². The number of thiophene rings is 1. The van der Waals surface area contributed by atoms with Crippen LogP contribution in [-0.2, 0) is 17.9 Å². The Morgan fingerprint density at radius 1 is 1.20 bits per heavy atom. The van der Waals surface area contributed by atoms with E-state index in [2.05, 4.69) is 32.4 Å². The number of benzene rings is 1. The van der Waals surface area contributed by atoms with Crippen molar-refractivity contribution < 1.29 is 4.79 Å². The van der Waals surface area contributed by atoms with E-state index in [4.69, 9.17) is 0 Å². The van der Waals surface area contributed by atoms with Crippen molar-refractivity contribution in [2.45, 2.75) is 32.4 Å². The van der Waals surface area contributed by atoms with Gasteiger partial charge in [0.1, 0.15) is 0 Å². The Balaban J connectivity index is 1.49. The highest BCUT2D eigenvalue weighted by Gasteiger charge is 2.25. The molecule has 25 heavy (non-hydrogen) atoms. The van der Waals surface area contributed by atoms with Gasteiger partial charge >= 0.3 is 0 Å². The van der Waals surface area contributed by atoms with Crippen LogP contribution in [0.1, 0.15) is 29.7 Å². The molecule has 1 fully saturated rings. The van der Waals surface area contributed by atoms with Crippen molar-refractivity contribution in [1.29, 1.82) is 0 Å². The molecule has 132 valence electrons. The van der Waals surface area contributed by atoms with Gasteiger partial charge in [0, 0.05) is 30.1 Å². The maximum absolute atomic E-state index is 12.1. The number of aliphatic imine (C=N–C) groups is 1. The van der Waals surface area contributed by atoms with Crippen LogP contribution in [0.3, 0.4) is 0 Å². The summed E-state index contributed by atoms with van der Waals surface area (Å²) in [6.45, 7) is 1.41. The molecule has 1 heterocycles. The number of nitrogens with one attached hydrogen (secondary N) is 3. The molecule has 0 radical (unpaired) electrons. The summed E-state index contributed by atoms with van der Waals surface area (Å²) in [6, 6.07) is 12.1. The number of nitrogens with zero attached hydrogens (tertiary/aromatic N) is 1. The third kappa shape index (κ3) is 5.06. The lowest BCUT2D eigenvalue weighted by atomic mass is 9.85. The highest BCUT2D eigenvalue weighted by molar-refractivity contribution is 7.09. The second-order valence-electron chi connectivity index (χ2n) is 6.18. The summed E-state index contributed by atoms with van der Waals surface area (Å²) in [5.41, 5.74) is 1.96. The standard InChI is InChI=1S/C19H24N4OS/c1-20-19(22-13-17-9-4-10-25-17)21-12-14-5-2-8-16(11-14)23-18(24)15-6-3-7-15/h2,4-5,8-11,15H,3,6-7,12-13H2,1H3,(H,23,24)(H2,20,21,22). The molecule has 1 amide bonds. The molecule has 2 aromatic rings. The lowest BCUT2D eigenvalue weighted by Gasteiger charge is -2.24. The molecule has 3 rings (SSSR count). The average molecular weight is 356 g/mol. The molecule has 1 aromatic carbocycles. The van der Waals surface area contributed by atoms with Crippen molar-refractivity contribution in [1.82, 2.24) is 10.6 Å². The van der Waals surface area contributed by atoms with Gasteiger partial charge in [0.2, 0.25) is 5.91 Å². The molecule has 0 spiro atoms. The van der Waals surface area contributed by atoms with Gasteiger partial charge in [-0.15, -0.1) is 11.3 Å². The van der Waals surface area contributed by atoms with Crippen LogP contribution < -0.4 is 16.0 Å². The first-order valence-corrected chi connectivity index (χ1v) is 9.49. The van der Waals surface area contributed by atoms with Gasteiger partial charge in [-0.1, -0.05) is 24.6 Å². The van der Waals surface area contributed by atoms with Crippen LogP contribution in [0.25, 0.3) is 0 Å². The minimum absolute atomic E-state index is 0.143. The Morgan fingerprint density at radius 2 is 2.04 bits per heavy atom. The lowest BCUT2D eigenvalue weighted by Crippen LogP contribution is -2.36. The van der Waals surface area contributed by atoms with E-state index in [0.717, 1.165) is 36.6 Å². The summed E-state index contributed by atoms with van der Waals surface area (Å²) in [5.74, 6) is 1.10. The lowest BCUT2D eigenvalue weighted by molar-refractivity contribution is -0.122. The Morgan fingerprint density at radius 3 is 2.72 bits per heavy atom. The van der Waals surface area contributed by atoms with E-state index in [9.17, 15) is 4.79 Å². The van der Waals surface area contributed by atoms with E-state index < -0.39 is 0 Å². The van der Waals surface area contributed by atoms with Crippen LogP contribution in [0.4, 0.5) is 5.69 Å². The molecule has 1 saturated carbocycles. The van der Waals surface area contributed by atoms with Crippen LogP contribution in [0.2, 0.25) is 0 Å². The van der Waals surface area contributed by atoms with Crippen molar-refractivity contribution in [3.63, 3.8) is 0 Å². The summed E-state index contributed by atoms with van der Waals surface area (Å²) < 4.78 is 0. The van der Waals surface area contributed by atoms with E-state index >= 15 is 0 Å². The molecule has 1 aliphatic rings.